The van der Waals surface area contributed by atoms with Gasteiger partial charge in [-0.3, -0.25) is 4.90 Å². The molecule has 1 aromatic carbocycles. The van der Waals surface area contributed by atoms with Crippen molar-refractivity contribution in [3.05, 3.63) is 35.1 Å². The average molecular weight is 297 g/mol. The lowest BCUT2D eigenvalue weighted by molar-refractivity contribution is 0.204. The number of rotatable bonds is 3. The Bertz CT molecular complexity index is 509. The summed E-state index contributed by atoms with van der Waals surface area (Å²) in [6.07, 6.45) is 0. The Morgan fingerprint density at radius 2 is 2.30 bits per heavy atom. The van der Waals surface area contributed by atoms with E-state index in [1.54, 1.807) is 6.07 Å². The molecular weight excluding hydrogens is 277 g/mol. The van der Waals surface area contributed by atoms with Crippen LogP contribution in [0.5, 0.6) is 0 Å². The van der Waals surface area contributed by atoms with Crippen LogP contribution in [0.15, 0.2) is 23.4 Å². The van der Waals surface area contributed by atoms with Gasteiger partial charge in [-0.05, 0) is 24.6 Å². The second-order valence-corrected chi connectivity index (χ2v) is 6.56. The number of nitrogens with two attached hydrogens (primary N) is 1. The maximum Gasteiger partial charge on any atom is 0.170 e. The summed E-state index contributed by atoms with van der Waals surface area (Å²) in [6, 6.07) is 4.88. The van der Waals surface area contributed by atoms with Gasteiger partial charge in [0.05, 0.1) is 0 Å². The van der Waals surface area contributed by atoms with Crippen LogP contribution in [0.4, 0.5) is 4.39 Å². The number of halogens is 1. The van der Waals surface area contributed by atoms with E-state index in [-0.39, 0.29) is 11.7 Å². The summed E-state index contributed by atoms with van der Waals surface area (Å²) in [6.45, 7) is 6.08. The molecule has 2 atom stereocenters. The van der Waals surface area contributed by atoms with Crippen LogP contribution in [-0.4, -0.2) is 39.5 Å². The van der Waals surface area contributed by atoms with Gasteiger partial charge >= 0.3 is 0 Å². The summed E-state index contributed by atoms with van der Waals surface area (Å²) in [5.74, 6) is 0.656. The summed E-state index contributed by atoms with van der Waals surface area (Å²) in [5.41, 5.74) is 6.99. The lowest BCUT2D eigenvalue weighted by Crippen LogP contribution is -2.44. The first-order valence-corrected chi connectivity index (χ1v) is 7.69. The smallest absolute Gasteiger partial charge is 0.170 e. The SMILES string of the molecule is CC1SCCN(Cc2ccc(F)cc2/C(N)=N/O)C1C. The molecule has 110 valence electrons. The Hall–Kier alpha value is -1.27. The molecule has 3 N–H and O–H groups in total. The minimum Gasteiger partial charge on any atom is -0.409 e. The second-order valence-electron chi connectivity index (χ2n) is 5.07. The Kier molecular flexibility index (Phi) is 4.88. The lowest BCUT2D eigenvalue weighted by atomic mass is 10.0. The maximum absolute atomic E-state index is 13.4. The highest BCUT2D eigenvalue weighted by Gasteiger charge is 2.25. The fraction of sp³-hybridized carbons (Fsp3) is 0.500. The fourth-order valence-electron chi connectivity index (χ4n) is 2.42. The Labute approximate surface area is 122 Å². The summed E-state index contributed by atoms with van der Waals surface area (Å²) in [5, 5.41) is 12.4. The number of thioether (sulfide) groups is 1. The van der Waals surface area contributed by atoms with Gasteiger partial charge in [0.2, 0.25) is 0 Å². The molecule has 2 unspecified atom stereocenters. The van der Waals surface area contributed by atoms with E-state index >= 15 is 0 Å². The van der Waals surface area contributed by atoms with Crippen LogP contribution in [0.1, 0.15) is 25.0 Å². The van der Waals surface area contributed by atoms with Crippen molar-refractivity contribution in [3.8, 4) is 0 Å². The van der Waals surface area contributed by atoms with E-state index in [2.05, 4.69) is 23.9 Å². The number of hydrogen-bond acceptors (Lipinski definition) is 4. The van der Waals surface area contributed by atoms with Gasteiger partial charge < -0.3 is 10.9 Å². The molecule has 1 aliphatic heterocycles. The highest BCUT2D eigenvalue weighted by atomic mass is 32.2. The molecule has 20 heavy (non-hydrogen) atoms. The molecule has 0 radical (unpaired) electrons. The highest BCUT2D eigenvalue weighted by Crippen LogP contribution is 2.26. The molecule has 0 aromatic heterocycles. The largest absolute Gasteiger partial charge is 0.409 e. The van der Waals surface area contributed by atoms with Gasteiger partial charge in [0, 0.05) is 35.7 Å². The van der Waals surface area contributed by atoms with Crippen LogP contribution in [-0.2, 0) is 6.54 Å². The first-order valence-electron chi connectivity index (χ1n) is 6.65. The van der Waals surface area contributed by atoms with Gasteiger partial charge in [-0.25, -0.2) is 4.39 Å². The molecule has 1 fully saturated rings. The van der Waals surface area contributed by atoms with Gasteiger partial charge in [-0.15, -0.1) is 0 Å². The summed E-state index contributed by atoms with van der Waals surface area (Å²) in [7, 11) is 0. The number of benzene rings is 1. The molecular formula is C14H20FN3OS. The van der Waals surface area contributed by atoms with E-state index in [4.69, 9.17) is 10.9 Å². The summed E-state index contributed by atoms with van der Waals surface area (Å²) in [4.78, 5) is 2.35. The normalized spacial score (nSPS) is 24.9. The van der Waals surface area contributed by atoms with Gasteiger partial charge in [-0.2, -0.15) is 11.8 Å². The molecule has 0 bridgehead atoms. The van der Waals surface area contributed by atoms with Crippen molar-refractivity contribution in [1.29, 1.82) is 0 Å². The molecule has 0 saturated carbocycles. The van der Waals surface area contributed by atoms with Crippen molar-refractivity contribution in [2.75, 3.05) is 12.3 Å². The predicted octanol–water partition coefficient (Wildman–Crippen LogP) is 2.25. The van der Waals surface area contributed by atoms with E-state index in [9.17, 15) is 4.39 Å². The topological polar surface area (TPSA) is 61.8 Å². The second kappa shape index (κ2) is 6.45. The monoisotopic (exact) mass is 297 g/mol. The Morgan fingerprint density at radius 1 is 1.55 bits per heavy atom. The minimum absolute atomic E-state index is 0.0495. The molecule has 1 aliphatic rings. The molecule has 4 nitrogen and oxygen atoms in total. The van der Waals surface area contributed by atoms with Crippen molar-refractivity contribution in [1.82, 2.24) is 4.90 Å². The number of nitrogens with zero attached hydrogens (tertiary/aromatic N) is 2. The van der Waals surface area contributed by atoms with E-state index in [0.717, 1.165) is 17.9 Å². The Morgan fingerprint density at radius 3 is 3.00 bits per heavy atom. The molecule has 0 aliphatic carbocycles. The molecule has 1 heterocycles. The lowest BCUT2D eigenvalue weighted by Gasteiger charge is -2.37. The van der Waals surface area contributed by atoms with Crippen molar-refractivity contribution in [2.24, 2.45) is 10.9 Å². The van der Waals surface area contributed by atoms with Crippen molar-refractivity contribution < 1.29 is 9.60 Å². The maximum atomic E-state index is 13.4. The van der Waals surface area contributed by atoms with Crippen LogP contribution in [0.2, 0.25) is 0 Å². The van der Waals surface area contributed by atoms with Crippen molar-refractivity contribution >= 4 is 17.6 Å². The van der Waals surface area contributed by atoms with E-state index < -0.39 is 0 Å². The van der Waals surface area contributed by atoms with Crippen LogP contribution in [0.25, 0.3) is 0 Å². The number of amidine groups is 1. The third-order valence-electron chi connectivity index (χ3n) is 3.84. The van der Waals surface area contributed by atoms with Crippen LogP contribution >= 0.6 is 11.8 Å². The first kappa shape index (κ1) is 15.1. The highest BCUT2D eigenvalue weighted by molar-refractivity contribution is 8.00. The molecule has 1 aromatic rings. The molecule has 1 saturated heterocycles. The molecule has 0 spiro atoms. The summed E-state index contributed by atoms with van der Waals surface area (Å²) < 4.78 is 13.4. The fourth-order valence-corrected chi connectivity index (χ4v) is 3.58. The summed E-state index contributed by atoms with van der Waals surface area (Å²) >= 11 is 1.97. The van der Waals surface area contributed by atoms with Crippen LogP contribution < -0.4 is 5.73 Å². The van der Waals surface area contributed by atoms with Gasteiger partial charge in [0.1, 0.15) is 5.82 Å². The predicted molar refractivity (Wildman–Crippen MR) is 80.7 cm³/mol. The van der Waals surface area contributed by atoms with E-state index in [0.29, 0.717) is 23.4 Å². The van der Waals surface area contributed by atoms with E-state index in [1.165, 1.54) is 12.1 Å². The van der Waals surface area contributed by atoms with Gasteiger partial charge in [0.15, 0.2) is 5.84 Å². The quantitative estimate of drug-likeness (QED) is 0.389. The van der Waals surface area contributed by atoms with Crippen LogP contribution in [0, 0.1) is 5.82 Å². The zero-order chi connectivity index (χ0) is 14.7. The molecule has 0 amide bonds. The zero-order valence-corrected chi connectivity index (χ0v) is 12.5. The number of oxime groups is 1. The zero-order valence-electron chi connectivity index (χ0n) is 11.7. The van der Waals surface area contributed by atoms with Gasteiger partial charge in [0.25, 0.3) is 0 Å². The standard InChI is InChI=1S/C14H20FN3OS/c1-9-10(2)20-6-5-18(9)8-11-3-4-12(15)7-13(11)14(16)17-19/h3-4,7,9-10,19H,5-6,8H2,1-2H3,(H2,16,17). The van der Waals surface area contributed by atoms with Crippen molar-refractivity contribution in [2.45, 2.75) is 31.7 Å². The third kappa shape index (κ3) is 3.24. The molecule has 2 rings (SSSR count). The number of hydrogen-bond donors (Lipinski definition) is 2. The first-order chi connectivity index (χ1) is 9.52. The van der Waals surface area contributed by atoms with E-state index in [1.807, 2.05) is 11.8 Å². The van der Waals surface area contributed by atoms with Crippen LogP contribution in [0.3, 0.4) is 0 Å². The Balaban J connectivity index is 2.24. The molecule has 6 heteroatoms. The minimum atomic E-state index is -0.383. The third-order valence-corrected chi connectivity index (χ3v) is 5.18. The van der Waals surface area contributed by atoms with Crippen molar-refractivity contribution in [3.63, 3.8) is 0 Å². The van der Waals surface area contributed by atoms with Gasteiger partial charge in [-0.1, -0.05) is 18.1 Å². The average Bonchev–Trinajstić information content (AvgIpc) is 2.44.